The summed E-state index contributed by atoms with van der Waals surface area (Å²) in [6.07, 6.45) is -3.36. The molecule has 8 heteroatoms. The molecule has 126 valence electrons. The van der Waals surface area contributed by atoms with Crippen LogP contribution in [0.3, 0.4) is 0 Å². The summed E-state index contributed by atoms with van der Waals surface area (Å²) in [6.45, 7) is 0. The molecule has 0 saturated heterocycles. The van der Waals surface area contributed by atoms with E-state index in [2.05, 4.69) is 15.0 Å². The molecule has 2 rings (SSSR count). The smallest absolute Gasteiger partial charge is 0.391 e. The minimum Gasteiger partial charge on any atom is -0.467 e. The van der Waals surface area contributed by atoms with Crippen LogP contribution in [0.2, 0.25) is 0 Å². The molecule has 1 amide bonds. The lowest BCUT2D eigenvalue weighted by Gasteiger charge is -2.39. The van der Waals surface area contributed by atoms with Crippen LogP contribution in [0.25, 0.3) is 0 Å². The Kier molecular flexibility index (Phi) is 4.91. The number of halogens is 3. The van der Waals surface area contributed by atoms with Gasteiger partial charge in [0.2, 0.25) is 0 Å². The first kappa shape index (κ1) is 17.2. The monoisotopic (exact) mass is 330 g/mol. The van der Waals surface area contributed by atoms with Gasteiger partial charge in [0.1, 0.15) is 11.2 Å². The highest BCUT2D eigenvalue weighted by Gasteiger charge is 2.52. The molecule has 23 heavy (non-hydrogen) atoms. The van der Waals surface area contributed by atoms with E-state index in [0.29, 0.717) is 0 Å². The molecule has 0 bridgehead atoms. The van der Waals surface area contributed by atoms with Gasteiger partial charge in [-0.2, -0.15) is 13.2 Å². The molecule has 1 unspecified atom stereocenters. The normalized spacial score (nSPS) is 24.8. The maximum Gasteiger partial charge on any atom is 0.391 e. The highest BCUT2D eigenvalue weighted by atomic mass is 19.4. The van der Waals surface area contributed by atoms with Crippen molar-refractivity contribution in [1.29, 1.82) is 0 Å². The average Bonchev–Trinajstić information content (AvgIpc) is 2.54. The van der Waals surface area contributed by atoms with Gasteiger partial charge in [0.25, 0.3) is 5.91 Å². The maximum absolute atomic E-state index is 13.0. The first-order chi connectivity index (χ1) is 10.8. The Bertz CT molecular complexity index is 577. The number of hydrogen-bond donors (Lipinski definition) is 1. The third-order valence-corrected chi connectivity index (χ3v) is 4.04. The molecule has 0 aromatic carbocycles. The number of amides is 1. The number of nitrogens with zero attached hydrogens (tertiary/aromatic N) is 1. The molecular weight excluding hydrogens is 313 g/mol. The van der Waals surface area contributed by atoms with Crippen molar-refractivity contribution in [3.05, 3.63) is 30.1 Å². The first-order valence-corrected chi connectivity index (χ1v) is 7.17. The lowest BCUT2D eigenvalue weighted by molar-refractivity contribution is -0.191. The molecule has 1 saturated carbocycles. The average molecular weight is 330 g/mol. The number of hydrogen-bond acceptors (Lipinski definition) is 4. The fourth-order valence-corrected chi connectivity index (χ4v) is 2.88. The Hall–Kier alpha value is -2.12. The number of carbonyl (C=O) groups is 2. The van der Waals surface area contributed by atoms with E-state index in [4.69, 9.17) is 0 Å². The molecule has 1 aliphatic rings. The number of rotatable bonds is 3. The SMILES string of the molecule is COC(=O)[C@]1(NC(=O)c2ccccn2)CCCC(C(F)(F)F)C1. The largest absolute Gasteiger partial charge is 0.467 e. The van der Waals surface area contributed by atoms with Gasteiger partial charge in [-0.05, 0) is 37.8 Å². The predicted octanol–water partition coefficient (Wildman–Crippen LogP) is 2.48. The van der Waals surface area contributed by atoms with E-state index in [1.54, 1.807) is 12.1 Å². The molecular formula is C15H17F3N2O3. The second kappa shape index (κ2) is 6.55. The minimum atomic E-state index is -4.42. The number of ether oxygens (including phenoxy) is 1. The zero-order chi connectivity index (χ0) is 17.1. The maximum atomic E-state index is 13.0. The molecule has 1 heterocycles. The second-order valence-electron chi connectivity index (χ2n) is 5.58. The van der Waals surface area contributed by atoms with Crippen LogP contribution in [0.5, 0.6) is 0 Å². The number of carbonyl (C=O) groups excluding carboxylic acids is 2. The van der Waals surface area contributed by atoms with Gasteiger partial charge >= 0.3 is 12.1 Å². The summed E-state index contributed by atoms with van der Waals surface area (Å²) in [7, 11) is 1.09. The summed E-state index contributed by atoms with van der Waals surface area (Å²) < 4.78 is 43.8. The van der Waals surface area contributed by atoms with E-state index < -0.39 is 35.9 Å². The van der Waals surface area contributed by atoms with Crippen molar-refractivity contribution in [3.63, 3.8) is 0 Å². The van der Waals surface area contributed by atoms with Crippen molar-refractivity contribution >= 4 is 11.9 Å². The quantitative estimate of drug-likeness (QED) is 0.865. The summed E-state index contributed by atoms with van der Waals surface area (Å²) >= 11 is 0. The highest BCUT2D eigenvalue weighted by Crippen LogP contribution is 2.42. The highest BCUT2D eigenvalue weighted by molar-refractivity contribution is 5.96. The molecule has 0 aliphatic heterocycles. The summed E-state index contributed by atoms with van der Waals surface area (Å²) in [5.74, 6) is -3.21. The molecule has 0 spiro atoms. The van der Waals surface area contributed by atoms with Gasteiger partial charge in [-0.1, -0.05) is 6.07 Å². The van der Waals surface area contributed by atoms with E-state index in [-0.39, 0.29) is 25.0 Å². The van der Waals surface area contributed by atoms with E-state index in [0.717, 1.165) is 7.11 Å². The Morgan fingerprint density at radius 3 is 2.70 bits per heavy atom. The van der Waals surface area contributed by atoms with Gasteiger partial charge in [0.15, 0.2) is 0 Å². The van der Waals surface area contributed by atoms with Gasteiger partial charge in [-0.3, -0.25) is 9.78 Å². The molecule has 1 aliphatic carbocycles. The predicted molar refractivity (Wildman–Crippen MR) is 74.5 cm³/mol. The summed E-state index contributed by atoms with van der Waals surface area (Å²) in [6, 6.07) is 4.60. The van der Waals surface area contributed by atoms with E-state index in [1.165, 1.54) is 12.3 Å². The summed E-state index contributed by atoms with van der Waals surface area (Å²) in [4.78, 5) is 28.2. The zero-order valence-corrected chi connectivity index (χ0v) is 12.5. The van der Waals surface area contributed by atoms with E-state index in [9.17, 15) is 22.8 Å². The van der Waals surface area contributed by atoms with Crippen LogP contribution in [0.15, 0.2) is 24.4 Å². The van der Waals surface area contributed by atoms with Gasteiger partial charge in [0, 0.05) is 6.20 Å². The molecule has 1 N–H and O–H groups in total. The van der Waals surface area contributed by atoms with Crippen LogP contribution >= 0.6 is 0 Å². The molecule has 1 fully saturated rings. The number of methoxy groups -OCH3 is 1. The zero-order valence-electron chi connectivity index (χ0n) is 12.5. The van der Waals surface area contributed by atoms with Crippen LogP contribution in [-0.4, -0.2) is 35.7 Å². The molecule has 1 aromatic heterocycles. The summed E-state index contributed by atoms with van der Waals surface area (Å²) in [5, 5.41) is 2.43. The third kappa shape index (κ3) is 3.80. The van der Waals surface area contributed by atoms with Crippen molar-refractivity contribution in [2.45, 2.75) is 37.4 Å². The van der Waals surface area contributed by atoms with Crippen LogP contribution in [0.1, 0.15) is 36.2 Å². The van der Waals surface area contributed by atoms with Gasteiger partial charge in [-0.15, -0.1) is 0 Å². The number of nitrogens with one attached hydrogen (secondary N) is 1. The minimum absolute atomic E-state index is 0.0323. The van der Waals surface area contributed by atoms with Crippen molar-refractivity contribution < 1.29 is 27.5 Å². The van der Waals surface area contributed by atoms with Gasteiger partial charge in [-0.25, -0.2) is 4.79 Å². The molecule has 5 nitrogen and oxygen atoms in total. The summed E-state index contributed by atoms with van der Waals surface area (Å²) in [5.41, 5.74) is -1.65. The Morgan fingerprint density at radius 1 is 1.39 bits per heavy atom. The molecule has 1 aromatic rings. The van der Waals surface area contributed by atoms with Crippen LogP contribution in [-0.2, 0) is 9.53 Å². The number of pyridine rings is 1. The van der Waals surface area contributed by atoms with Gasteiger partial charge < -0.3 is 10.1 Å². The Balaban J connectivity index is 2.26. The van der Waals surface area contributed by atoms with Crippen LogP contribution in [0, 0.1) is 5.92 Å². The third-order valence-electron chi connectivity index (χ3n) is 4.04. The van der Waals surface area contributed by atoms with E-state index >= 15 is 0 Å². The fourth-order valence-electron chi connectivity index (χ4n) is 2.88. The van der Waals surface area contributed by atoms with E-state index in [1.807, 2.05) is 0 Å². The number of alkyl halides is 3. The molecule has 2 atom stereocenters. The number of aromatic nitrogens is 1. The van der Waals surface area contributed by atoms with Crippen molar-refractivity contribution in [3.8, 4) is 0 Å². The van der Waals surface area contributed by atoms with Crippen molar-refractivity contribution in [1.82, 2.24) is 10.3 Å². The standard InChI is InChI=1S/C15H17F3N2O3/c1-23-13(22)14(7-4-5-10(9-14)15(16,17)18)20-12(21)11-6-2-3-8-19-11/h2-3,6,8,10H,4-5,7,9H2,1H3,(H,20,21)/t10?,14-/m0/s1. The lowest BCUT2D eigenvalue weighted by Crippen LogP contribution is -2.58. The first-order valence-electron chi connectivity index (χ1n) is 7.17. The van der Waals surface area contributed by atoms with Crippen LogP contribution in [0.4, 0.5) is 13.2 Å². The van der Waals surface area contributed by atoms with Gasteiger partial charge in [0.05, 0.1) is 13.0 Å². The lowest BCUT2D eigenvalue weighted by atomic mass is 9.75. The fraction of sp³-hybridized carbons (Fsp3) is 0.533. The Morgan fingerprint density at radius 2 is 2.13 bits per heavy atom. The van der Waals surface area contributed by atoms with Crippen LogP contribution < -0.4 is 5.32 Å². The number of esters is 1. The van der Waals surface area contributed by atoms with Crippen molar-refractivity contribution in [2.24, 2.45) is 5.92 Å². The second-order valence-corrected chi connectivity index (χ2v) is 5.58. The van der Waals surface area contributed by atoms with Crippen molar-refractivity contribution in [2.75, 3.05) is 7.11 Å². The molecule has 0 radical (unpaired) electrons. The topological polar surface area (TPSA) is 68.3 Å². The Labute approximate surface area is 131 Å².